The first kappa shape index (κ1) is 17.2. The van der Waals surface area contributed by atoms with Crippen LogP contribution in [0.5, 0.6) is 0 Å². The van der Waals surface area contributed by atoms with Crippen molar-refractivity contribution in [1.82, 2.24) is 0 Å². The normalized spacial score (nSPS) is 11.7. The Morgan fingerprint density at radius 3 is 2.35 bits per heavy atom. The number of carboxylic acid groups (broad SMARTS) is 1. The topological polar surface area (TPSA) is 83.5 Å². The van der Waals surface area contributed by atoms with Crippen molar-refractivity contribution in [3.63, 3.8) is 0 Å². The summed E-state index contributed by atoms with van der Waals surface area (Å²) in [7, 11) is -1.39. The second kappa shape index (κ2) is 7.89. The van der Waals surface area contributed by atoms with Gasteiger partial charge in [-0.2, -0.15) is 0 Å². The second-order valence-electron chi connectivity index (χ2n) is 4.75. The van der Waals surface area contributed by atoms with Crippen LogP contribution in [0.15, 0.2) is 48.5 Å². The van der Waals surface area contributed by atoms with Crippen LogP contribution in [0, 0.1) is 0 Å². The Hall–Kier alpha value is -2.18. The van der Waals surface area contributed by atoms with E-state index in [2.05, 4.69) is 5.32 Å². The SMILES string of the molecule is O=C(CS(=O)Cc1ccccc1Cl)Nc1ccc(C(=O)O)cc1. The van der Waals surface area contributed by atoms with Crippen molar-refractivity contribution in [1.29, 1.82) is 0 Å². The van der Waals surface area contributed by atoms with Gasteiger partial charge in [0.15, 0.2) is 0 Å². The van der Waals surface area contributed by atoms with Crippen LogP contribution >= 0.6 is 11.6 Å². The highest BCUT2D eigenvalue weighted by atomic mass is 35.5. The van der Waals surface area contributed by atoms with E-state index in [-0.39, 0.29) is 17.1 Å². The van der Waals surface area contributed by atoms with Crippen LogP contribution in [0.2, 0.25) is 5.02 Å². The minimum absolute atomic E-state index is 0.130. The van der Waals surface area contributed by atoms with Crippen LogP contribution < -0.4 is 5.32 Å². The molecule has 0 saturated carbocycles. The fraction of sp³-hybridized carbons (Fsp3) is 0.125. The lowest BCUT2D eigenvalue weighted by atomic mass is 10.2. The van der Waals surface area contributed by atoms with Gasteiger partial charge in [-0.1, -0.05) is 29.8 Å². The lowest BCUT2D eigenvalue weighted by Crippen LogP contribution is -2.20. The Kier molecular flexibility index (Phi) is 5.90. The predicted octanol–water partition coefficient (Wildman–Crippen LogP) is 2.93. The summed E-state index contributed by atoms with van der Waals surface area (Å²) in [5.41, 5.74) is 1.31. The molecule has 0 radical (unpaired) electrons. The smallest absolute Gasteiger partial charge is 0.335 e. The maximum atomic E-state index is 12.0. The van der Waals surface area contributed by atoms with Gasteiger partial charge in [-0.25, -0.2) is 4.79 Å². The van der Waals surface area contributed by atoms with Crippen molar-refractivity contribution in [2.75, 3.05) is 11.1 Å². The van der Waals surface area contributed by atoms with E-state index < -0.39 is 22.7 Å². The Morgan fingerprint density at radius 2 is 1.74 bits per heavy atom. The highest BCUT2D eigenvalue weighted by Gasteiger charge is 2.11. The van der Waals surface area contributed by atoms with Gasteiger partial charge in [-0.15, -0.1) is 0 Å². The average Bonchev–Trinajstić information content (AvgIpc) is 2.50. The molecule has 0 bridgehead atoms. The van der Waals surface area contributed by atoms with Gasteiger partial charge in [-0.05, 0) is 35.9 Å². The maximum Gasteiger partial charge on any atom is 0.335 e. The van der Waals surface area contributed by atoms with Crippen molar-refractivity contribution >= 4 is 40.0 Å². The number of rotatable bonds is 6. The van der Waals surface area contributed by atoms with Crippen LogP contribution in [0.1, 0.15) is 15.9 Å². The number of halogens is 1. The number of benzene rings is 2. The molecule has 23 heavy (non-hydrogen) atoms. The molecule has 0 spiro atoms. The number of amides is 1. The first-order chi connectivity index (χ1) is 11.0. The number of carbonyl (C=O) groups excluding carboxylic acids is 1. The maximum absolute atomic E-state index is 12.0. The molecule has 0 aromatic heterocycles. The molecule has 7 heteroatoms. The molecular formula is C16H14ClNO4S. The fourth-order valence-electron chi connectivity index (χ4n) is 1.88. The third kappa shape index (κ3) is 5.19. The Bertz CT molecular complexity index is 746. The summed E-state index contributed by atoms with van der Waals surface area (Å²) < 4.78 is 12.0. The van der Waals surface area contributed by atoms with Crippen molar-refractivity contribution in [3.05, 3.63) is 64.7 Å². The third-order valence-corrected chi connectivity index (χ3v) is 4.57. The summed E-state index contributed by atoms with van der Waals surface area (Å²) in [4.78, 5) is 22.6. The zero-order valence-corrected chi connectivity index (χ0v) is 13.6. The Morgan fingerprint density at radius 1 is 1.09 bits per heavy atom. The summed E-state index contributed by atoms with van der Waals surface area (Å²) >= 11 is 5.99. The summed E-state index contributed by atoms with van der Waals surface area (Å²) in [6.07, 6.45) is 0. The molecule has 0 aliphatic heterocycles. The van der Waals surface area contributed by atoms with Gasteiger partial charge in [0, 0.05) is 21.5 Å². The van der Waals surface area contributed by atoms with Gasteiger partial charge >= 0.3 is 5.97 Å². The lowest BCUT2D eigenvalue weighted by Gasteiger charge is -2.07. The van der Waals surface area contributed by atoms with E-state index >= 15 is 0 Å². The molecular weight excluding hydrogens is 338 g/mol. The molecule has 0 heterocycles. The van der Waals surface area contributed by atoms with Gasteiger partial charge in [0.2, 0.25) is 5.91 Å². The quantitative estimate of drug-likeness (QED) is 0.838. The molecule has 1 unspecified atom stereocenters. The summed E-state index contributed by atoms with van der Waals surface area (Å²) in [5, 5.41) is 11.9. The standard InChI is InChI=1S/C16H14ClNO4S/c17-14-4-2-1-3-12(14)9-23(22)10-15(19)18-13-7-5-11(6-8-13)16(20)21/h1-8H,9-10H2,(H,18,19)(H,20,21). The van der Waals surface area contributed by atoms with Gasteiger partial charge in [-0.3, -0.25) is 9.00 Å². The van der Waals surface area contributed by atoms with Gasteiger partial charge in [0.25, 0.3) is 0 Å². The highest BCUT2D eigenvalue weighted by molar-refractivity contribution is 7.85. The first-order valence-electron chi connectivity index (χ1n) is 6.67. The number of hydrogen-bond acceptors (Lipinski definition) is 3. The average molecular weight is 352 g/mol. The Labute approximate surface area is 140 Å². The first-order valence-corrected chi connectivity index (χ1v) is 8.54. The molecule has 0 saturated heterocycles. The van der Waals surface area contributed by atoms with E-state index in [4.69, 9.17) is 16.7 Å². The van der Waals surface area contributed by atoms with E-state index in [1.807, 2.05) is 0 Å². The number of hydrogen-bond donors (Lipinski definition) is 2. The molecule has 5 nitrogen and oxygen atoms in total. The van der Waals surface area contributed by atoms with Crippen molar-refractivity contribution < 1.29 is 18.9 Å². The van der Waals surface area contributed by atoms with Crippen molar-refractivity contribution in [2.45, 2.75) is 5.75 Å². The lowest BCUT2D eigenvalue weighted by molar-refractivity contribution is -0.113. The largest absolute Gasteiger partial charge is 0.478 e. The molecule has 0 aliphatic carbocycles. The minimum atomic E-state index is -1.39. The number of aromatic carboxylic acids is 1. The second-order valence-corrected chi connectivity index (χ2v) is 6.61. The van der Waals surface area contributed by atoms with Crippen LogP contribution in [-0.2, 0) is 21.3 Å². The van der Waals surface area contributed by atoms with Crippen LogP contribution in [-0.4, -0.2) is 26.9 Å². The van der Waals surface area contributed by atoms with Crippen LogP contribution in [0.25, 0.3) is 0 Å². The van der Waals surface area contributed by atoms with Crippen molar-refractivity contribution in [2.24, 2.45) is 0 Å². The molecule has 2 aromatic rings. The van der Waals surface area contributed by atoms with Gasteiger partial charge in [0.05, 0.1) is 11.3 Å². The van der Waals surface area contributed by atoms with E-state index in [1.165, 1.54) is 24.3 Å². The molecule has 120 valence electrons. The molecule has 2 rings (SSSR count). The molecule has 0 fully saturated rings. The minimum Gasteiger partial charge on any atom is -0.478 e. The summed E-state index contributed by atoms with van der Waals surface area (Å²) in [5.74, 6) is -1.40. The van der Waals surface area contributed by atoms with Gasteiger partial charge < -0.3 is 10.4 Å². The van der Waals surface area contributed by atoms with Crippen molar-refractivity contribution in [3.8, 4) is 0 Å². The molecule has 1 atom stereocenters. The van der Waals surface area contributed by atoms with Crippen LogP contribution in [0.3, 0.4) is 0 Å². The zero-order chi connectivity index (χ0) is 16.8. The zero-order valence-electron chi connectivity index (χ0n) is 12.0. The number of nitrogens with one attached hydrogen (secondary N) is 1. The summed E-state index contributed by atoms with van der Waals surface area (Å²) in [6, 6.07) is 12.8. The van der Waals surface area contributed by atoms with E-state index in [0.29, 0.717) is 10.7 Å². The van der Waals surface area contributed by atoms with Crippen LogP contribution in [0.4, 0.5) is 5.69 Å². The van der Waals surface area contributed by atoms with Gasteiger partial charge in [0.1, 0.15) is 5.75 Å². The predicted molar refractivity (Wildman–Crippen MR) is 90.2 cm³/mol. The van der Waals surface area contributed by atoms with E-state index in [1.54, 1.807) is 24.3 Å². The molecule has 1 amide bonds. The third-order valence-electron chi connectivity index (χ3n) is 2.98. The number of carboxylic acids is 1. The molecule has 2 aromatic carbocycles. The fourth-order valence-corrected chi connectivity index (χ4v) is 3.23. The number of carbonyl (C=O) groups is 2. The van der Waals surface area contributed by atoms with E-state index in [9.17, 15) is 13.8 Å². The highest BCUT2D eigenvalue weighted by Crippen LogP contribution is 2.17. The molecule has 0 aliphatic rings. The van der Waals surface area contributed by atoms with E-state index in [0.717, 1.165) is 5.56 Å². The summed E-state index contributed by atoms with van der Waals surface area (Å²) in [6.45, 7) is 0. The number of anilines is 1. The monoisotopic (exact) mass is 351 g/mol. The molecule has 2 N–H and O–H groups in total. The Balaban J connectivity index is 1.90.